The van der Waals surface area contributed by atoms with E-state index in [1.54, 1.807) is 0 Å². The molecule has 3 unspecified atom stereocenters. The minimum Gasteiger partial charge on any atom is -0.489 e. The Hall–Kier alpha value is -1.75. The maximum absolute atomic E-state index is 11.7. The van der Waals surface area contributed by atoms with E-state index in [4.69, 9.17) is 9.84 Å². The van der Waals surface area contributed by atoms with Gasteiger partial charge in [0.15, 0.2) is 0 Å². The van der Waals surface area contributed by atoms with Crippen molar-refractivity contribution in [2.24, 2.45) is 5.92 Å². The van der Waals surface area contributed by atoms with Crippen LogP contribution in [0.1, 0.15) is 20.8 Å². The van der Waals surface area contributed by atoms with E-state index in [0.29, 0.717) is 6.54 Å². The molecule has 0 radical (unpaired) electrons. The fourth-order valence-electron chi connectivity index (χ4n) is 1.57. The lowest BCUT2D eigenvalue weighted by atomic mass is 10.1. The number of aliphatic hydroxyl groups is 1. The summed E-state index contributed by atoms with van der Waals surface area (Å²) in [6.45, 7) is 6.11. The lowest BCUT2D eigenvalue weighted by Crippen LogP contribution is -2.46. The van der Waals surface area contributed by atoms with Crippen LogP contribution in [0.5, 0.6) is 5.75 Å². The van der Waals surface area contributed by atoms with Crippen molar-refractivity contribution in [3.63, 3.8) is 0 Å². The van der Waals surface area contributed by atoms with Crippen molar-refractivity contribution in [3.05, 3.63) is 30.3 Å². The van der Waals surface area contributed by atoms with Gasteiger partial charge in [-0.25, -0.2) is 4.79 Å². The fraction of sp³-hybridized carbons (Fsp3) is 0.533. The Morgan fingerprint density at radius 3 is 2.50 bits per heavy atom. The highest BCUT2D eigenvalue weighted by atomic mass is 16.5. The van der Waals surface area contributed by atoms with Gasteiger partial charge in [-0.15, -0.1) is 0 Å². The zero-order valence-electron chi connectivity index (χ0n) is 12.3. The van der Waals surface area contributed by atoms with Crippen molar-refractivity contribution in [3.8, 4) is 5.75 Å². The molecule has 0 fully saturated rings. The van der Waals surface area contributed by atoms with Gasteiger partial charge >= 0.3 is 6.03 Å². The number of ether oxygens (including phenoxy) is 1. The Bertz CT molecular complexity index is 397. The number of aliphatic hydroxyl groups excluding tert-OH is 1. The highest BCUT2D eigenvalue weighted by Crippen LogP contribution is 2.10. The molecule has 3 N–H and O–H groups in total. The van der Waals surface area contributed by atoms with Crippen molar-refractivity contribution in [1.29, 1.82) is 0 Å². The van der Waals surface area contributed by atoms with Crippen molar-refractivity contribution >= 4 is 6.03 Å². The molecule has 0 saturated carbocycles. The molecule has 1 aromatic rings. The van der Waals surface area contributed by atoms with Crippen molar-refractivity contribution < 1.29 is 14.6 Å². The topological polar surface area (TPSA) is 70.6 Å². The maximum Gasteiger partial charge on any atom is 0.315 e. The van der Waals surface area contributed by atoms with Crippen LogP contribution in [0.15, 0.2) is 30.3 Å². The van der Waals surface area contributed by atoms with E-state index in [9.17, 15) is 4.79 Å². The van der Waals surface area contributed by atoms with Crippen LogP contribution >= 0.6 is 0 Å². The Labute approximate surface area is 120 Å². The highest BCUT2D eigenvalue weighted by molar-refractivity contribution is 5.74. The lowest BCUT2D eigenvalue weighted by molar-refractivity contribution is 0.192. The molecule has 0 spiro atoms. The second-order valence-electron chi connectivity index (χ2n) is 5.04. The molecule has 0 saturated heterocycles. The first kappa shape index (κ1) is 16.3. The standard InChI is InChI=1S/C15H24N2O3/c1-11(10-18)13(3)17-15(19)16-9-12(2)20-14-7-5-4-6-8-14/h4-8,11-13,18H,9-10H2,1-3H3,(H2,16,17,19). The maximum atomic E-state index is 11.7. The summed E-state index contributed by atoms with van der Waals surface area (Å²) in [5.74, 6) is 0.809. The summed E-state index contributed by atoms with van der Waals surface area (Å²) < 4.78 is 5.66. The second kappa shape index (κ2) is 8.43. The summed E-state index contributed by atoms with van der Waals surface area (Å²) >= 11 is 0. The number of hydrogen-bond donors (Lipinski definition) is 3. The molecule has 0 aliphatic carbocycles. The van der Waals surface area contributed by atoms with Crippen LogP contribution in [0.2, 0.25) is 0 Å². The van der Waals surface area contributed by atoms with Gasteiger partial charge in [-0.1, -0.05) is 25.1 Å². The average molecular weight is 280 g/mol. The van der Waals surface area contributed by atoms with E-state index in [-0.39, 0.29) is 30.7 Å². The second-order valence-corrected chi connectivity index (χ2v) is 5.04. The Morgan fingerprint density at radius 1 is 1.25 bits per heavy atom. The summed E-state index contributed by atoms with van der Waals surface area (Å²) in [6, 6.07) is 9.16. The lowest BCUT2D eigenvalue weighted by Gasteiger charge is -2.21. The van der Waals surface area contributed by atoms with Gasteiger partial charge in [-0.2, -0.15) is 0 Å². The molecular formula is C15H24N2O3. The molecule has 20 heavy (non-hydrogen) atoms. The van der Waals surface area contributed by atoms with Crippen molar-refractivity contribution in [2.45, 2.75) is 32.9 Å². The van der Waals surface area contributed by atoms with Crippen LogP contribution in [0.3, 0.4) is 0 Å². The third-order valence-electron chi connectivity index (χ3n) is 3.13. The molecular weight excluding hydrogens is 256 g/mol. The monoisotopic (exact) mass is 280 g/mol. The van der Waals surface area contributed by atoms with Crippen LogP contribution in [0, 0.1) is 5.92 Å². The molecule has 1 aromatic carbocycles. The average Bonchev–Trinajstić information content (AvgIpc) is 2.45. The molecule has 0 bridgehead atoms. The van der Waals surface area contributed by atoms with Gasteiger partial charge in [0.2, 0.25) is 0 Å². The zero-order chi connectivity index (χ0) is 15.0. The van der Waals surface area contributed by atoms with Crippen LogP contribution < -0.4 is 15.4 Å². The summed E-state index contributed by atoms with van der Waals surface area (Å²) in [5.41, 5.74) is 0. The summed E-state index contributed by atoms with van der Waals surface area (Å²) in [4.78, 5) is 11.7. The van der Waals surface area contributed by atoms with Gasteiger partial charge in [0.05, 0.1) is 6.54 Å². The molecule has 0 aliphatic heterocycles. The number of benzene rings is 1. The molecule has 3 atom stereocenters. The van der Waals surface area contributed by atoms with E-state index >= 15 is 0 Å². The molecule has 0 aliphatic rings. The molecule has 5 nitrogen and oxygen atoms in total. The first-order chi connectivity index (χ1) is 9.52. The van der Waals surface area contributed by atoms with Crippen LogP contribution in [0.25, 0.3) is 0 Å². The predicted molar refractivity (Wildman–Crippen MR) is 78.8 cm³/mol. The van der Waals surface area contributed by atoms with Crippen LogP contribution in [0.4, 0.5) is 4.79 Å². The van der Waals surface area contributed by atoms with E-state index < -0.39 is 0 Å². The highest BCUT2D eigenvalue weighted by Gasteiger charge is 2.14. The third-order valence-corrected chi connectivity index (χ3v) is 3.13. The number of para-hydroxylation sites is 1. The van der Waals surface area contributed by atoms with Gasteiger partial charge in [0.1, 0.15) is 11.9 Å². The minimum atomic E-state index is -0.249. The normalized spacial score (nSPS) is 15.0. The van der Waals surface area contributed by atoms with E-state index in [2.05, 4.69) is 10.6 Å². The first-order valence-corrected chi connectivity index (χ1v) is 6.89. The van der Waals surface area contributed by atoms with Gasteiger partial charge in [0.25, 0.3) is 0 Å². The number of carbonyl (C=O) groups is 1. The molecule has 0 aromatic heterocycles. The summed E-state index contributed by atoms with van der Waals surface area (Å²) in [5, 5.41) is 14.5. The van der Waals surface area contributed by atoms with Gasteiger partial charge in [-0.05, 0) is 31.9 Å². The fourth-order valence-corrected chi connectivity index (χ4v) is 1.57. The Balaban J connectivity index is 2.27. The van der Waals surface area contributed by atoms with E-state index in [0.717, 1.165) is 5.75 Å². The first-order valence-electron chi connectivity index (χ1n) is 6.89. The third kappa shape index (κ3) is 5.93. The van der Waals surface area contributed by atoms with Crippen molar-refractivity contribution in [2.75, 3.05) is 13.2 Å². The van der Waals surface area contributed by atoms with Gasteiger partial charge in [0, 0.05) is 12.6 Å². The molecule has 112 valence electrons. The Morgan fingerprint density at radius 2 is 1.90 bits per heavy atom. The smallest absolute Gasteiger partial charge is 0.315 e. The van der Waals surface area contributed by atoms with Crippen LogP contribution in [-0.2, 0) is 0 Å². The zero-order valence-corrected chi connectivity index (χ0v) is 12.3. The summed E-state index contributed by atoms with van der Waals surface area (Å²) in [7, 11) is 0. The number of urea groups is 1. The number of nitrogens with one attached hydrogen (secondary N) is 2. The minimum absolute atomic E-state index is 0.0266. The van der Waals surface area contributed by atoms with E-state index in [1.165, 1.54) is 0 Å². The summed E-state index contributed by atoms with van der Waals surface area (Å²) in [6.07, 6.45) is -0.117. The Kier molecular flexibility index (Phi) is 6.87. The van der Waals surface area contributed by atoms with Gasteiger partial charge in [-0.3, -0.25) is 0 Å². The number of rotatable bonds is 7. The SMILES string of the molecule is CC(CNC(=O)NC(C)C(C)CO)Oc1ccccc1. The molecule has 0 heterocycles. The van der Waals surface area contributed by atoms with Crippen LogP contribution in [-0.4, -0.2) is 36.4 Å². The largest absolute Gasteiger partial charge is 0.489 e. The molecule has 2 amide bonds. The van der Waals surface area contributed by atoms with E-state index in [1.807, 2.05) is 51.1 Å². The number of carbonyl (C=O) groups excluding carboxylic acids is 1. The number of amides is 2. The molecule has 1 rings (SSSR count). The van der Waals surface area contributed by atoms with Gasteiger partial charge < -0.3 is 20.5 Å². The molecule has 5 heteroatoms. The number of hydrogen-bond acceptors (Lipinski definition) is 3. The predicted octanol–water partition coefficient (Wildman–Crippen LogP) is 1.77. The van der Waals surface area contributed by atoms with Crippen molar-refractivity contribution in [1.82, 2.24) is 10.6 Å². The quantitative estimate of drug-likeness (QED) is 0.713.